The summed E-state index contributed by atoms with van der Waals surface area (Å²) < 4.78 is 0. The average molecular weight is 346 g/mol. The maximum absolute atomic E-state index is 12.6. The van der Waals surface area contributed by atoms with Crippen molar-refractivity contribution in [2.24, 2.45) is 0 Å². The molecular weight excluding hydrogens is 324 g/mol. The van der Waals surface area contributed by atoms with Gasteiger partial charge < -0.3 is 10.2 Å². The Morgan fingerprint density at radius 3 is 2.46 bits per heavy atom. The molecular formula is C21H22N4O. The van der Waals surface area contributed by atoms with E-state index >= 15 is 0 Å². The zero-order valence-electron chi connectivity index (χ0n) is 15.2. The number of nitrogens with one attached hydrogen (secondary N) is 1. The molecule has 0 spiro atoms. The van der Waals surface area contributed by atoms with E-state index in [-0.39, 0.29) is 5.91 Å². The van der Waals surface area contributed by atoms with Crippen LogP contribution in [0.1, 0.15) is 28.5 Å². The van der Waals surface area contributed by atoms with E-state index in [4.69, 9.17) is 0 Å². The number of aromatic nitrogens is 2. The summed E-state index contributed by atoms with van der Waals surface area (Å²) in [6.07, 6.45) is 1.62. The van der Waals surface area contributed by atoms with Crippen molar-refractivity contribution >= 4 is 23.2 Å². The molecule has 0 saturated heterocycles. The Labute approximate surface area is 153 Å². The molecule has 1 amide bonds. The van der Waals surface area contributed by atoms with E-state index in [0.717, 1.165) is 22.5 Å². The number of hydrogen-bond donors (Lipinski definition) is 1. The standard InChI is InChI=1S/C21H22N4O/c1-4-25(18-10-6-8-16(3)14-18)21-22-12-11-19(24-21)20(26)23-17-9-5-7-15(2)13-17/h5-14H,4H2,1-3H3,(H,23,26). The number of carbonyl (C=O) groups excluding carboxylic acids is 1. The fourth-order valence-electron chi connectivity index (χ4n) is 2.76. The van der Waals surface area contributed by atoms with Crippen LogP contribution in [-0.2, 0) is 0 Å². The zero-order chi connectivity index (χ0) is 18.5. The van der Waals surface area contributed by atoms with Gasteiger partial charge in [0.15, 0.2) is 0 Å². The minimum atomic E-state index is -0.250. The lowest BCUT2D eigenvalue weighted by Gasteiger charge is -2.21. The van der Waals surface area contributed by atoms with Crippen LogP contribution in [0.5, 0.6) is 0 Å². The average Bonchev–Trinajstić information content (AvgIpc) is 2.63. The molecule has 132 valence electrons. The van der Waals surface area contributed by atoms with Gasteiger partial charge in [-0.3, -0.25) is 4.79 Å². The number of rotatable bonds is 5. The van der Waals surface area contributed by atoms with E-state index in [1.54, 1.807) is 12.3 Å². The molecule has 0 fully saturated rings. The minimum Gasteiger partial charge on any atom is -0.321 e. The molecule has 0 aliphatic rings. The summed E-state index contributed by atoms with van der Waals surface area (Å²) in [4.78, 5) is 23.4. The van der Waals surface area contributed by atoms with Crippen molar-refractivity contribution in [1.82, 2.24) is 9.97 Å². The molecule has 0 aliphatic carbocycles. The van der Waals surface area contributed by atoms with Crippen molar-refractivity contribution in [3.63, 3.8) is 0 Å². The van der Waals surface area contributed by atoms with Gasteiger partial charge in [-0.25, -0.2) is 9.97 Å². The van der Waals surface area contributed by atoms with Crippen molar-refractivity contribution in [2.45, 2.75) is 20.8 Å². The highest BCUT2D eigenvalue weighted by Crippen LogP contribution is 2.22. The van der Waals surface area contributed by atoms with Crippen molar-refractivity contribution in [2.75, 3.05) is 16.8 Å². The third-order valence-corrected chi connectivity index (χ3v) is 4.02. The lowest BCUT2D eigenvalue weighted by atomic mass is 10.2. The lowest BCUT2D eigenvalue weighted by molar-refractivity contribution is 0.102. The quantitative estimate of drug-likeness (QED) is 0.739. The molecule has 1 N–H and O–H groups in total. The van der Waals surface area contributed by atoms with Gasteiger partial charge in [0, 0.05) is 24.1 Å². The molecule has 5 heteroatoms. The number of hydrogen-bond acceptors (Lipinski definition) is 4. The van der Waals surface area contributed by atoms with Crippen LogP contribution in [0.15, 0.2) is 60.8 Å². The van der Waals surface area contributed by atoms with E-state index in [2.05, 4.69) is 21.4 Å². The Kier molecular flexibility index (Phi) is 5.27. The number of aryl methyl sites for hydroxylation is 2. The second kappa shape index (κ2) is 7.78. The third-order valence-electron chi connectivity index (χ3n) is 4.02. The van der Waals surface area contributed by atoms with Gasteiger partial charge in [0.2, 0.25) is 5.95 Å². The van der Waals surface area contributed by atoms with Gasteiger partial charge in [0.1, 0.15) is 5.69 Å². The van der Waals surface area contributed by atoms with Crippen molar-refractivity contribution in [3.05, 3.63) is 77.6 Å². The van der Waals surface area contributed by atoms with Gasteiger partial charge in [-0.2, -0.15) is 0 Å². The minimum absolute atomic E-state index is 0.250. The first-order valence-electron chi connectivity index (χ1n) is 8.62. The summed E-state index contributed by atoms with van der Waals surface area (Å²) in [5.74, 6) is 0.259. The predicted octanol–water partition coefficient (Wildman–Crippen LogP) is 4.50. The van der Waals surface area contributed by atoms with Gasteiger partial charge in [-0.1, -0.05) is 24.3 Å². The maximum Gasteiger partial charge on any atom is 0.274 e. The van der Waals surface area contributed by atoms with E-state index in [0.29, 0.717) is 18.2 Å². The van der Waals surface area contributed by atoms with Crippen LogP contribution in [0.3, 0.4) is 0 Å². The number of carbonyl (C=O) groups is 1. The first-order valence-corrected chi connectivity index (χ1v) is 8.62. The molecule has 1 heterocycles. The van der Waals surface area contributed by atoms with Crippen LogP contribution in [0.2, 0.25) is 0 Å². The van der Waals surface area contributed by atoms with Crippen LogP contribution >= 0.6 is 0 Å². The molecule has 0 saturated carbocycles. The maximum atomic E-state index is 12.6. The second-order valence-corrected chi connectivity index (χ2v) is 6.15. The molecule has 0 atom stereocenters. The molecule has 3 rings (SSSR count). The molecule has 26 heavy (non-hydrogen) atoms. The summed E-state index contributed by atoms with van der Waals surface area (Å²) in [7, 11) is 0. The van der Waals surface area contributed by atoms with Crippen molar-refractivity contribution < 1.29 is 4.79 Å². The van der Waals surface area contributed by atoms with E-state index in [1.807, 2.05) is 68.1 Å². The smallest absolute Gasteiger partial charge is 0.274 e. The molecule has 3 aromatic rings. The fraction of sp³-hybridized carbons (Fsp3) is 0.190. The van der Waals surface area contributed by atoms with E-state index in [1.165, 1.54) is 0 Å². The van der Waals surface area contributed by atoms with Crippen LogP contribution in [0.25, 0.3) is 0 Å². The largest absolute Gasteiger partial charge is 0.321 e. The van der Waals surface area contributed by atoms with Gasteiger partial charge in [0.05, 0.1) is 0 Å². The number of benzene rings is 2. The lowest BCUT2D eigenvalue weighted by Crippen LogP contribution is -2.21. The topological polar surface area (TPSA) is 58.1 Å². The van der Waals surface area contributed by atoms with Gasteiger partial charge >= 0.3 is 0 Å². The van der Waals surface area contributed by atoms with Crippen LogP contribution in [-0.4, -0.2) is 22.4 Å². The molecule has 5 nitrogen and oxygen atoms in total. The highest BCUT2D eigenvalue weighted by atomic mass is 16.1. The van der Waals surface area contributed by atoms with Crippen LogP contribution in [0, 0.1) is 13.8 Å². The number of anilines is 3. The monoisotopic (exact) mass is 346 g/mol. The highest BCUT2D eigenvalue weighted by Gasteiger charge is 2.14. The second-order valence-electron chi connectivity index (χ2n) is 6.15. The Bertz CT molecular complexity index is 923. The first-order chi connectivity index (χ1) is 12.6. The Balaban J connectivity index is 1.86. The van der Waals surface area contributed by atoms with Crippen molar-refractivity contribution in [1.29, 1.82) is 0 Å². The third kappa shape index (κ3) is 4.06. The Morgan fingerprint density at radius 1 is 1.04 bits per heavy atom. The van der Waals surface area contributed by atoms with Gasteiger partial charge in [0.25, 0.3) is 5.91 Å². The summed E-state index contributed by atoms with van der Waals surface area (Å²) in [5, 5.41) is 2.88. The molecule has 0 bridgehead atoms. The SMILES string of the molecule is CCN(c1cccc(C)c1)c1nccc(C(=O)Nc2cccc(C)c2)n1. The van der Waals surface area contributed by atoms with Crippen LogP contribution in [0.4, 0.5) is 17.3 Å². The van der Waals surface area contributed by atoms with Gasteiger partial charge in [-0.05, 0) is 62.2 Å². The molecule has 0 unspecified atom stereocenters. The van der Waals surface area contributed by atoms with Crippen molar-refractivity contribution in [3.8, 4) is 0 Å². The van der Waals surface area contributed by atoms with Gasteiger partial charge in [-0.15, -0.1) is 0 Å². The zero-order valence-corrected chi connectivity index (χ0v) is 15.2. The molecule has 1 aromatic heterocycles. The summed E-state index contributed by atoms with van der Waals surface area (Å²) in [6, 6.07) is 17.4. The molecule has 2 aromatic carbocycles. The Morgan fingerprint density at radius 2 is 1.77 bits per heavy atom. The Hall–Kier alpha value is -3.21. The van der Waals surface area contributed by atoms with Crippen LogP contribution < -0.4 is 10.2 Å². The molecule has 0 aliphatic heterocycles. The molecule has 0 radical (unpaired) electrons. The van der Waals surface area contributed by atoms with E-state index in [9.17, 15) is 4.79 Å². The summed E-state index contributed by atoms with van der Waals surface area (Å²) >= 11 is 0. The first kappa shape index (κ1) is 17.6. The summed E-state index contributed by atoms with van der Waals surface area (Å²) in [6.45, 7) is 6.76. The fourth-order valence-corrected chi connectivity index (χ4v) is 2.76. The highest BCUT2D eigenvalue weighted by molar-refractivity contribution is 6.03. The summed E-state index contributed by atoms with van der Waals surface area (Å²) in [5.41, 5.74) is 4.34. The van der Waals surface area contributed by atoms with E-state index < -0.39 is 0 Å². The number of amides is 1. The predicted molar refractivity (Wildman–Crippen MR) is 105 cm³/mol. The number of nitrogens with zero attached hydrogens (tertiary/aromatic N) is 3. The normalized spacial score (nSPS) is 10.4.